The number of likely N-dealkylation sites (N-methyl/N-ethyl adjacent to an activating group) is 1. The molecule has 0 heterocycles. The van der Waals surface area contributed by atoms with E-state index in [1.54, 1.807) is 7.11 Å². The van der Waals surface area contributed by atoms with Crippen LogP contribution in [0.2, 0.25) is 5.02 Å². The van der Waals surface area contributed by atoms with Crippen molar-refractivity contribution in [2.45, 2.75) is 6.42 Å². The van der Waals surface area contributed by atoms with Crippen molar-refractivity contribution in [1.82, 2.24) is 4.90 Å². The molecule has 3 aromatic carbocycles. The van der Waals surface area contributed by atoms with Crippen molar-refractivity contribution in [3.63, 3.8) is 0 Å². The first-order valence-electron chi connectivity index (χ1n) is 10.6. The molecule has 4 nitrogen and oxygen atoms in total. The van der Waals surface area contributed by atoms with Gasteiger partial charge >= 0.3 is 0 Å². The first-order chi connectivity index (χ1) is 15.5. The standard InChI is InChI=1S/C27H30ClNO3/c1-29(2)17-19-32-25-14-8-22(9-15-25)27(21-6-12-24(31-3)13-7-21)26(16-18-30)20-4-10-23(28)11-5-20/h4-15,30H,16-19H2,1-3H3. The maximum atomic E-state index is 9.86. The first-order valence-corrected chi connectivity index (χ1v) is 11.0. The van der Waals surface area contributed by atoms with Crippen LogP contribution in [0.3, 0.4) is 0 Å². The molecule has 0 atom stereocenters. The van der Waals surface area contributed by atoms with Crippen LogP contribution in [0.1, 0.15) is 23.1 Å². The number of aliphatic hydroxyl groups excluding tert-OH is 1. The second kappa shape index (κ2) is 11.7. The van der Waals surface area contributed by atoms with Gasteiger partial charge in [0.25, 0.3) is 0 Å². The minimum absolute atomic E-state index is 0.0450. The normalized spacial score (nSPS) is 11.9. The number of aliphatic hydroxyl groups is 1. The average molecular weight is 452 g/mol. The lowest BCUT2D eigenvalue weighted by molar-refractivity contribution is 0.261. The Hall–Kier alpha value is -2.79. The van der Waals surface area contributed by atoms with Crippen molar-refractivity contribution in [2.75, 3.05) is 41.0 Å². The molecular weight excluding hydrogens is 422 g/mol. The van der Waals surface area contributed by atoms with E-state index in [2.05, 4.69) is 17.0 Å². The van der Waals surface area contributed by atoms with Crippen LogP contribution < -0.4 is 9.47 Å². The summed E-state index contributed by atoms with van der Waals surface area (Å²) in [7, 11) is 5.71. The van der Waals surface area contributed by atoms with Crippen LogP contribution in [0.15, 0.2) is 72.8 Å². The molecule has 0 bridgehead atoms. The summed E-state index contributed by atoms with van der Waals surface area (Å²) in [6.07, 6.45) is 0.518. The summed E-state index contributed by atoms with van der Waals surface area (Å²) >= 11 is 6.12. The Bertz CT molecular complexity index is 1010. The Labute approximate surface area is 195 Å². The lowest BCUT2D eigenvalue weighted by atomic mass is 9.88. The highest BCUT2D eigenvalue weighted by Crippen LogP contribution is 2.36. The van der Waals surface area contributed by atoms with Crippen molar-refractivity contribution in [3.8, 4) is 11.5 Å². The zero-order chi connectivity index (χ0) is 22.9. The molecule has 0 saturated heterocycles. The Morgan fingerprint density at radius 1 is 0.812 bits per heavy atom. The quantitative estimate of drug-likeness (QED) is 0.405. The van der Waals surface area contributed by atoms with Crippen LogP contribution in [0.25, 0.3) is 11.1 Å². The molecule has 0 spiro atoms. The van der Waals surface area contributed by atoms with Gasteiger partial charge in [0, 0.05) is 18.2 Å². The van der Waals surface area contributed by atoms with Crippen LogP contribution in [-0.2, 0) is 0 Å². The van der Waals surface area contributed by atoms with Gasteiger partial charge in [-0.2, -0.15) is 0 Å². The number of ether oxygens (including phenoxy) is 2. The minimum Gasteiger partial charge on any atom is -0.497 e. The summed E-state index contributed by atoms with van der Waals surface area (Å²) in [6.45, 7) is 1.54. The molecule has 32 heavy (non-hydrogen) atoms. The average Bonchev–Trinajstić information content (AvgIpc) is 2.80. The van der Waals surface area contributed by atoms with Crippen molar-refractivity contribution in [2.24, 2.45) is 0 Å². The summed E-state index contributed by atoms with van der Waals surface area (Å²) in [6, 6.07) is 23.9. The van der Waals surface area contributed by atoms with Crippen LogP contribution in [0, 0.1) is 0 Å². The van der Waals surface area contributed by atoms with Crippen LogP contribution >= 0.6 is 11.6 Å². The minimum atomic E-state index is 0.0450. The molecule has 0 fully saturated rings. The molecule has 0 amide bonds. The lowest BCUT2D eigenvalue weighted by Gasteiger charge is -2.18. The van der Waals surface area contributed by atoms with Gasteiger partial charge in [0.05, 0.1) is 7.11 Å². The Kier molecular flexibility index (Phi) is 8.74. The molecule has 0 aliphatic carbocycles. The lowest BCUT2D eigenvalue weighted by Crippen LogP contribution is -2.19. The monoisotopic (exact) mass is 451 g/mol. The molecule has 0 radical (unpaired) electrons. The topological polar surface area (TPSA) is 41.9 Å². The molecule has 0 unspecified atom stereocenters. The zero-order valence-electron chi connectivity index (χ0n) is 18.8. The number of benzene rings is 3. The van der Waals surface area contributed by atoms with Gasteiger partial charge in [-0.15, -0.1) is 0 Å². The van der Waals surface area contributed by atoms with Crippen molar-refractivity contribution >= 4 is 22.7 Å². The highest BCUT2D eigenvalue weighted by Gasteiger charge is 2.15. The third kappa shape index (κ3) is 6.36. The van der Waals surface area contributed by atoms with E-state index in [1.807, 2.05) is 74.8 Å². The zero-order valence-corrected chi connectivity index (χ0v) is 19.6. The Balaban J connectivity index is 2.07. The molecule has 3 aromatic rings. The van der Waals surface area contributed by atoms with Gasteiger partial charge < -0.3 is 19.5 Å². The first kappa shape index (κ1) is 23.9. The Morgan fingerprint density at radius 2 is 1.34 bits per heavy atom. The number of halogens is 1. The van der Waals surface area contributed by atoms with Crippen molar-refractivity contribution < 1.29 is 14.6 Å². The second-order valence-electron chi connectivity index (χ2n) is 7.74. The molecule has 0 aliphatic heterocycles. The molecule has 0 aromatic heterocycles. The number of methoxy groups -OCH3 is 1. The van der Waals surface area contributed by atoms with Crippen LogP contribution in [0.4, 0.5) is 0 Å². The summed E-state index contributed by atoms with van der Waals surface area (Å²) in [5, 5.41) is 10.5. The molecule has 0 aliphatic rings. The van der Waals surface area contributed by atoms with Gasteiger partial charge in [0.15, 0.2) is 0 Å². The molecule has 168 valence electrons. The van der Waals surface area contributed by atoms with E-state index in [4.69, 9.17) is 21.1 Å². The SMILES string of the molecule is COc1ccc(C(=C(CCO)c2ccc(Cl)cc2)c2ccc(OCCN(C)C)cc2)cc1. The number of nitrogens with zero attached hydrogens (tertiary/aromatic N) is 1. The van der Waals surface area contributed by atoms with Gasteiger partial charge in [-0.1, -0.05) is 48.0 Å². The number of hydrogen-bond donors (Lipinski definition) is 1. The fourth-order valence-electron chi connectivity index (χ4n) is 3.51. The van der Waals surface area contributed by atoms with E-state index in [0.717, 1.165) is 45.9 Å². The van der Waals surface area contributed by atoms with Crippen molar-refractivity contribution in [3.05, 3.63) is 94.5 Å². The van der Waals surface area contributed by atoms with E-state index in [-0.39, 0.29) is 6.61 Å². The van der Waals surface area contributed by atoms with E-state index in [0.29, 0.717) is 18.1 Å². The molecule has 5 heteroatoms. The fraction of sp³-hybridized carbons (Fsp3) is 0.259. The second-order valence-corrected chi connectivity index (χ2v) is 8.18. The van der Waals surface area contributed by atoms with Crippen LogP contribution in [-0.4, -0.2) is 51.0 Å². The van der Waals surface area contributed by atoms with Crippen molar-refractivity contribution in [1.29, 1.82) is 0 Å². The maximum Gasteiger partial charge on any atom is 0.119 e. The largest absolute Gasteiger partial charge is 0.497 e. The predicted molar refractivity (Wildman–Crippen MR) is 133 cm³/mol. The van der Waals surface area contributed by atoms with Gasteiger partial charge in [-0.3, -0.25) is 0 Å². The highest BCUT2D eigenvalue weighted by molar-refractivity contribution is 6.30. The van der Waals surface area contributed by atoms with Gasteiger partial charge in [-0.25, -0.2) is 0 Å². The summed E-state index contributed by atoms with van der Waals surface area (Å²) < 4.78 is 11.2. The van der Waals surface area contributed by atoms with E-state index >= 15 is 0 Å². The predicted octanol–water partition coefficient (Wildman–Crippen LogP) is 5.63. The third-order valence-corrected chi connectivity index (χ3v) is 5.44. The smallest absolute Gasteiger partial charge is 0.119 e. The summed E-state index contributed by atoms with van der Waals surface area (Å²) in [4.78, 5) is 2.09. The molecular formula is C27H30ClNO3. The molecule has 3 rings (SSSR count). The molecule has 1 N–H and O–H groups in total. The summed E-state index contributed by atoms with van der Waals surface area (Å²) in [5.74, 6) is 1.63. The maximum absolute atomic E-state index is 9.86. The van der Waals surface area contributed by atoms with Gasteiger partial charge in [0.2, 0.25) is 0 Å². The van der Waals surface area contributed by atoms with Crippen LogP contribution in [0.5, 0.6) is 11.5 Å². The highest BCUT2D eigenvalue weighted by atomic mass is 35.5. The summed E-state index contributed by atoms with van der Waals surface area (Å²) in [5.41, 5.74) is 5.24. The van der Waals surface area contributed by atoms with E-state index < -0.39 is 0 Å². The van der Waals surface area contributed by atoms with Gasteiger partial charge in [0.1, 0.15) is 18.1 Å². The van der Waals surface area contributed by atoms with Gasteiger partial charge in [-0.05, 0) is 84.8 Å². The number of hydrogen-bond acceptors (Lipinski definition) is 4. The third-order valence-electron chi connectivity index (χ3n) is 5.19. The fourth-order valence-corrected chi connectivity index (χ4v) is 3.64. The Morgan fingerprint density at radius 3 is 1.84 bits per heavy atom. The van der Waals surface area contributed by atoms with E-state index in [9.17, 15) is 5.11 Å². The molecule has 0 saturated carbocycles. The van der Waals surface area contributed by atoms with E-state index in [1.165, 1.54) is 0 Å². The number of rotatable bonds is 10.